The van der Waals surface area contributed by atoms with Gasteiger partial charge in [-0.15, -0.1) is 0 Å². The maximum absolute atomic E-state index is 13.5. The molecule has 22 heavy (non-hydrogen) atoms. The number of nitrogens with zero attached hydrogens (tertiary/aromatic N) is 1. The summed E-state index contributed by atoms with van der Waals surface area (Å²) >= 11 is 5.72. The van der Waals surface area contributed by atoms with Crippen molar-refractivity contribution in [2.75, 3.05) is 19.7 Å². The molecule has 1 aromatic rings. The molecule has 2 aliphatic rings. The van der Waals surface area contributed by atoms with E-state index in [0.29, 0.717) is 6.61 Å². The van der Waals surface area contributed by atoms with Crippen LogP contribution < -0.4 is 0 Å². The molecule has 122 valence electrons. The van der Waals surface area contributed by atoms with E-state index in [2.05, 4.69) is 4.90 Å². The first-order chi connectivity index (χ1) is 10.5. The van der Waals surface area contributed by atoms with Crippen molar-refractivity contribution in [1.82, 2.24) is 4.90 Å². The number of ether oxygens (including phenoxy) is 1. The lowest BCUT2D eigenvalue weighted by atomic mass is 9.58. The van der Waals surface area contributed by atoms with Crippen LogP contribution in [0.2, 0.25) is 5.02 Å². The second-order valence-corrected chi connectivity index (χ2v) is 6.86. The number of aliphatic hydroxyl groups excluding tert-OH is 1. The van der Waals surface area contributed by atoms with Gasteiger partial charge in [-0.3, -0.25) is 4.90 Å². The highest BCUT2D eigenvalue weighted by atomic mass is 35.5. The Morgan fingerprint density at radius 2 is 2.14 bits per heavy atom. The number of hydrogen-bond acceptors (Lipinski definition) is 3. The van der Waals surface area contributed by atoms with E-state index < -0.39 is 0 Å². The summed E-state index contributed by atoms with van der Waals surface area (Å²) in [7, 11) is 0. The lowest BCUT2D eigenvalue weighted by Crippen LogP contribution is -2.62. The quantitative estimate of drug-likeness (QED) is 0.921. The number of hydrogen-bond donors (Lipinski definition) is 1. The van der Waals surface area contributed by atoms with Gasteiger partial charge in [-0.2, -0.15) is 0 Å². The van der Waals surface area contributed by atoms with Crippen LogP contribution in [0.4, 0.5) is 4.39 Å². The Morgan fingerprint density at radius 3 is 2.73 bits per heavy atom. The van der Waals surface area contributed by atoms with Gasteiger partial charge in [0.1, 0.15) is 5.82 Å². The van der Waals surface area contributed by atoms with E-state index in [1.165, 1.54) is 6.07 Å². The van der Waals surface area contributed by atoms with Crippen LogP contribution in [-0.4, -0.2) is 41.9 Å². The molecule has 1 N–H and O–H groups in total. The molecule has 1 heterocycles. The Kier molecular flexibility index (Phi) is 4.74. The van der Waals surface area contributed by atoms with E-state index in [9.17, 15) is 9.50 Å². The average molecular weight is 328 g/mol. The third-order valence-electron chi connectivity index (χ3n) is 5.29. The smallest absolute Gasteiger partial charge is 0.142 e. The largest absolute Gasteiger partial charge is 0.392 e. The van der Waals surface area contributed by atoms with E-state index in [0.717, 1.165) is 44.5 Å². The van der Waals surface area contributed by atoms with Crippen molar-refractivity contribution in [2.45, 2.75) is 44.9 Å². The van der Waals surface area contributed by atoms with Gasteiger partial charge >= 0.3 is 0 Å². The summed E-state index contributed by atoms with van der Waals surface area (Å²) in [5, 5.41) is 10.4. The van der Waals surface area contributed by atoms with Crippen molar-refractivity contribution >= 4 is 11.6 Å². The third-order valence-corrected chi connectivity index (χ3v) is 5.59. The normalized spacial score (nSPS) is 27.8. The first kappa shape index (κ1) is 16.2. The fourth-order valence-electron chi connectivity index (χ4n) is 3.84. The lowest BCUT2D eigenvalue weighted by Gasteiger charge is -2.56. The van der Waals surface area contributed by atoms with Crippen LogP contribution in [0.5, 0.6) is 0 Å². The van der Waals surface area contributed by atoms with Gasteiger partial charge in [0.15, 0.2) is 0 Å². The van der Waals surface area contributed by atoms with Gasteiger partial charge in [-0.05, 0) is 50.6 Å². The van der Waals surface area contributed by atoms with Crippen molar-refractivity contribution in [3.63, 3.8) is 0 Å². The summed E-state index contributed by atoms with van der Waals surface area (Å²) in [5.41, 5.74) is 0.881. The molecular weight excluding hydrogens is 305 g/mol. The molecule has 3 nitrogen and oxygen atoms in total. The van der Waals surface area contributed by atoms with Gasteiger partial charge in [0.05, 0.1) is 17.2 Å². The summed E-state index contributed by atoms with van der Waals surface area (Å²) in [5.74, 6) is -0.363. The van der Waals surface area contributed by atoms with Crippen LogP contribution in [-0.2, 0) is 11.3 Å². The molecule has 1 aromatic carbocycles. The topological polar surface area (TPSA) is 32.7 Å². The van der Waals surface area contributed by atoms with Crippen molar-refractivity contribution in [3.8, 4) is 0 Å². The van der Waals surface area contributed by atoms with Gasteiger partial charge in [-0.1, -0.05) is 17.7 Å². The molecule has 0 amide bonds. The minimum Gasteiger partial charge on any atom is -0.392 e. The second kappa shape index (κ2) is 6.44. The van der Waals surface area contributed by atoms with Gasteiger partial charge in [0.2, 0.25) is 0 Å². The van der Waals surface area contributed by atoms with Crippen molar-refractivity contribution < 1.29 is 14.2 Å². The lowest BCUT2D eigenvalue weighted by molar-refractivity contribution is -0.209. The van der Waals surface area contributed by atoms with E-state index in [-0.39, 0.29) is 28.5 Å². The fourth-order valence-corrected chi connectivity index (χ4v) is 3.96. The maximum atomic E-state index is 13.5. The van der Waals surface area contributed by atoms with Crippen molar-refractivity contribution in [3.05, 3.63) is 34.6 Å². The molecule has 0 radical (unpaired) electrons. The summed E-state index contributed by atoms with van der Waals surface area (Å²) in [6, 6.07) is 4.99. The number of likely N-dealkylation sites (tertiary alicyclic amines) is 1. The van der Waals surface area contributed by atoms with E-state index in [1.807, 2.05) is 13.0 Å². The molecule has 1 aliphatic carbocycles. The van der Waals surface area contributed by atoms with Crippen LogP contribution in [0.1, 0.15) is 31.7 Å². The number of piperidine rings is 1. The zero-order valence-corrected chi connectivity index (χ0v) is 13.7. The first-order valence-corrected chi connectivity index (χ1v) is 8.39. The molecule has 5 heteroatoms. The molecule has 2 unspecified atom stereocenters. The second-order valence-electron chi connectivity index (χ2n) is 6.45. The molecule has 1 spiro atoms. The monoisotopic (exact) mass is 327 g/mol. The average Bonchev–Trinajstić information content (AvgIpc) is 2.52. The Hall–Kier alpha value is -0.680. The van der Waals surface area contributed by atoms with Crippen LogP contribution >= 0.6 is 11.6 Å². The summed E-state index contributed by atoms with van der Waals surface area (Å²) < 4.78 is 19.3. The number of halogens is 2. The van der Waals surface area contributed by atoms with E-state index in [1.54, 1.807) is 6.07 Å². The van der Waals surface area contributed by atoms with Gasteiger partial charge in [0.25, 0.3) is 0 Å². The molecule has 1 aliphatic heterocycles. The molecule has 2 atom stereocenters. The highest BCUT2D eigenvalue weighted by Crippen LogP contribution is 2.51. The Morgan fingerprint density at radius 1 is 1.41 bits per heavy atom. The minimum atomic E-state index is -0.363. The molecule has 1 saturated heterocycles. The first-order valence-electron chi connectivity index (χ1n) is 8.01. The van der Waals surface area contributed by atoms with Crippen LogP contribution in [0.15, 0.2) is 18.2 Å². The van der Waals surface area contributed by atoms with Gasteiger partial charge < -0.3 is 9.84 Å². The van der Waals surface area contributed by atoms with Crippen LogP contribution in [0.3, 0.4) is 0 Å². The van der Waals surface area contributed by atoms with Gasteiger partial charge in [-0.25, -0.2) is 4.39 Å². The highest BCUT2D eigenvalue weighted by Gasteiger charge is 2.55. The molecule has 1 saturated carbocycles. The van der Waals surface area contributed by atoms with Crippen molar-refractivity contribution in [2.24, 2.45) is 5.41 Å². The summed E-state index contributed by atoms with van der Waals surface area (Å²) in [4.78, 5) is 2.31. The van der Waals surface area contributed by atoms with E-state index >= 15 is 0 Å². The molecular formula is C17H23ClFNO2. The molecule has 0 aromatic heterocycles. The SMILES string of the molecule is CCOC1CC(O)C12CCN(Cc1ccc(Cl)c(F)c1)CC2. The minimum absolute atomic E-state index is 0.0578. The molecule has 2 fully saturated rings. The maximum Gasteiger partial charge on any atom is 0.142 e. The zero-order chi connectivity index (χ0) is 15.7. The predicted molar refractivity (Wildman–Crippen MR) is 84.4 cm³/mol. The molecule has 0 bridgehead atoms. The standard InChI is InChI=1S/C17H23ClFNO2/c1-2-22-16-10-15(21)17(16)5-7-20(8-6-17)11-12-3-4-13(18)14(19)9-12/h3-4,9,15-16,21H,2,5-8,10-11H2,1H3. The Balaban J connectivity index is 1.58. The fraction of sp³-hybridized carbons (Fsp3) is 0.647. The number of benzene rings is 1. The molecule has 3 rings (SSSR count). The Labute approximate surface area is 136 Å². The number of aliphatic hydroxyl groups is 1. The summed E-state index contributed by atoms with van der Waals surface area (Å²) in [6.45, 7) is 5.24. The predicted octanol–water partition coefficient (Wildman–Crippen LogP) is 3.23. The van der Waals surface area contributed by atoms with Crippen LogP contribution in [0.25, 0.3) is 0 Å². The van der Waals surface area contributed by atoms with E-state index in [4.69, 9.17) is 16.3 Å². The van der Waals surface area contributed by atoms with Crippen LogP contribution in [0, 0.1) is 11.2 Å². The third kappa shape index (κ3) is 2.90. The highest BCUT2D eigenvalue weighted by molar-refractivity contribution is 6.30. The van der Waals surface area contributed by atoms with Crippen molar-refractivity contribution in [1.29, 1.82) is 0 Å². The van der Waals surface area contributed by atoms with Gasteiger partial charge in [0, 0.05) is 25.0 Å². The number of rotatable bonds is 4. The summed E-state index contributed by atoms with van der Waals surface area (Å²) in [6.07, 6.45) is 2.60. The Bertz CT molecular complexity index is 529. The zero-order valence-electron chi connectivity index (χ0n) is 12.9.